The number of hydrogen-bond acceptors (Lipinski definition) is 8. The number of carbonyl (C=O) groups excluding carboxylic acids is 1. The van der Waals surface area contributed by atoms with Gasteiger partial charge >= 0.3 is 0 Å². The maximum absolute atomic E-state index is 13.1. The molecule has 1 fully saturated rings. The number of aliphatic hydroxyl groups excluding tert-OH is 5. The summed E-state index contributed by atoms with van der Waals surface area (Å²) in [6.45, 7) is 3.70. The Morgan fingerprint density at radius 1 is 0.417 bits per heavy atom. The van der Waals surface area contributed by atoms with Crippen molar-refractivity contribution in [2.24, 2.45) is 0 Å². The van der Waals surface area contributed by atoms with Crippen LogP contribution in [-0.2, 0) is 14.3 Å². The average Bonchev–Trinajstić information content (AvgIpc) is 3.70. The van der Waals surface area contributed by atoms with E-state index in [2.05, 4.69) is 104 Å². The number of allylic oxidation sites excluding steroid dienone is 15. The monoisotopic (exact) mass is 1180 g/mol. The molecule has 1 heterocycles. The SMILES string of the molecule is CC/C=C\C/C=C\C/C=C\C/C=C\C/C=C\C/C=C\C/C=C\CCCCCCCCCCCCCCCCCCCC(=O)NC(COC1OC(CO)C(O)C(O)C1O)C(O)/C=C/CCCCCCCCCCCCCCCCCCCCCC. The molecule has 9 nitrogen and oxygen atoms in total. The standard InChI is InChI=1S/C75H133NO8/c1-3-5-7-9-11-13-15-17-19-21-23-25-27-28-29-30-31-32-33-34-35-36-37-38-39-40-41-42-43-45-47-49-51-53-55-57-59-61-63-65-71(79)76-68(67-83-75-74(82)73(81)72(80)70(66-77)84-75)69(78)64-62-60-58-56-54-52-50-48-46-44-26-24-22-20-18-16-14-12-10-8-6-4-2/h5,7,11,13,17,19,23,25,28-29,31-32,34-35,62,64,68-70,72-75,77-78,80-82H,3-4,6,8-10,12,14-16,18,20-22,24,26-27,30,33,36-61,63,65-67H2,1-2H3,(H,76,79)/b7-5-,13-11-,19-17-,25-23-,29-28-,32-31-,35-34-,64-62+. The van der Waals surface area contributed by atoms with E-state index in [4.69, 9.17) is 9.47 Å². The summed E-state index contributed by atoms with van der Waals surface area (Å²) in [5, 5.41) is 54.8. The van der Waals surface area contributed by atoms with Gasteiger partial charge in [-0.05, 0) is 77.0 Å². The normalized spacial score (nSPS) is 18.8. The van der Waals surface area contributed by atoms with Gasteiger partial charge in [-0.25, -0.2) is 0 Å². The van der Waals surface area contributed by atoms with Crippen LogP contribution in [0.15, 0.2) is 97.2 Å². The van der Waals surface area contributed by atoms with Gasteiger partial charge in [0.1, 0.15) is 24.4 Å². The molecule has 1 aliphatic rings. The summed E-state index contributed by atoms with van der Waals surface area (Å²) in [6, 6.07) is -0.810. The number of ether oxygens (including phenoxy) is 2. The number of unbranched alkanes of at least 4 members (excludes halogenated alkanes) is 37. The van der Waals surface area contributed by atoms with Gasteiger partial charge in [0.25, 0.3) is 0 Å². The Labute approximate surface area is 517 Å². The molecule has 0 aromatic rings. The molecule has 0 aromatic heterocycles. The molecular formula is C75H133NO8. The van der Waals surface area contributed by atoms with Crippen LogP contribution < -0.4 is 5.32 Å². The lowest BCUT2D eigenvalue weighted by molar-refractivity contribution is -0.302. The van der Waals surface area contributed by atoms with Crippen LogP contribution >= 0.6 is 0 Å². The third-order valence-electron chi connectivity index (χ3n) is 16.4. The van der Waals surface area contributed by atoms with Crippen molar-refractivity contribution in [2.45, 2.75) is 358 Å². The molecule has 9 heteroatoms. The van der Waals surface area contributed by atoms with E-state index in [9.17, 15) is 30.3 Å². The van der Waals surface area contributed by atoms with Gasteiger partial charge in [-0.2, -0.15) is 0 Å². The molecule has 486 valence electrons. The molecule has 7 unspecified atom stereocenters. The van der Waals surface area contributed by atoms with Gasteiger partial charge < -0.3 is 40.3 Å². The first kappa shape index (κ1) is 79.1. The topological polar surface area (TPSA) is 149 Å². The summed E-state index contributed by atoms with van der Waals surface area (Å²) in [5.74, 6) is -0.175. The minimum atomic E-state index is -1.57. The zero-order chi connectivity index (χ0) is 60.7. The largest absolute Gasteiger partial charge is 0.394 e. The van der Waals surface area contributed by atoms with E-state index in [1.54, 1.807) is 6.08 Å². The third kappa shape index (κ3) is 51.2. The van der Waals surface area contributed by atoms with E-state index in [-0.39, 0.29) is 12.5 Å². The molecule has 0 radical (unpaired) electrons. The molecule has 1 rings (SSSR count). The minimum Gasteiger partial charge on any atom is -0.394 e. The molecule has 1 aliphatic heterocycles. The smallest absolute Gasteiger partial charge is 0.220 e. The van der Waals surface area contributed by atoms with Crippen molar-refractivity contribution in [3.8, 4) is 0 Å². The molecule has 6 N–H and O–H groups in total. The highest BCUT2D eigenvalue weighted by Crippen LogP contribution is 2.23. The number of hydrogen-bond donors (Lipinski definition) is 6. The first-order valence-corrected chi connectivity index (χ1v) is 35.5. The van der Waals surface area contributed by atoms with Crippen LogP contribution in [0, 0.1) is 0 Å². The number of nitrogens with one attached hydrogen (secondary N) is 1. The quantitative estimate of drug-likeness (QED) is 0.0261. The van der Waals surface area contributed by atoms with Crippen molar-refractivity contribution in [1.82, 2.24) is 5.32 Å². The highest BCUT2D eigenvalue weighted by atomic mass is 16.7. The molecule has 0 aliphatic carbocycles. The molecule has 0 aromatic carbocycles. The zero-order valence-corrected chi connectivity index (χ0v) is 54.4. The molecule has 84 heavy (non-hydrogen) atoms. The lowest BCUT2D eigenvalue weighted by Crippen LogP contribution is -2.60. The summed E-state index contributed by atoms with van der Waals surface area (Å²) < 4.78 is 11.3. The van der Waals surface area contributed by atoms with Gasteiger partial charge in [-0.1, -0.05) is 329 Å². The van der Waals surface area contributed by atoms with Crippen LogP contribution in [0.1, 0.15) is 316 Å². The van der Waals surface area contributed by atoms with Gasteiger partial charge in [-0.15, -0.1) is 0 Å². The molecule has 7 atom stereocenters. The van der Waals surface area contributed by atoms with E-state index in [0.717, 1.165) is 83.5 Å². The van der Waals surface area contributed by atoms with Gasteiger partial charge in [0.05, 0.1) is 25.4 Å². The predicted octanol–water partition coefficient (Wildman–Crippen LogP) is 19.5. The second-order valence-corrected chi connectivity index (χ2v) is 24.3. The third-order valence-corrected chi connectivity index (χ3v) is 16.4. The maximum atomic E-state index is 13.1. The van der Waals surface area contributed by atoms with E-state index in [1.807, 2.05) is 6.08 Å². The lowest BCUT2D eigenvalue weighted by atomic mass is 9.99. The fourth-order valence-corrected chi connectivity index (χ4v) is 10.9. The van der Waals surface area contributed by atoms with Gasteiger partial charge in [0.15, 0.2) is 6.29 Å². The van der Waals surface area contributed by atoms with Crippen LogP contribution in [0.3, 0.4) is 0 Å². The Hall–Kier alpha value is -2.89. The Bertz CT molecular complexity index is 1650. The van der Waals surface area contributed by atoms with E-state index < -0.39 is 49.5 Å². The van der Waals surface area contributed by atoms with Crippen molar-refractivity contribution in [2.75, 3.05) is 13.2 Å². The fraction of sp³-hybridized carbons (Fsp3) is 0.773. The number of amides is 1. The zero-order valence-electron chi connectivity index (χ0n) is 54.4. The first-order chi connectivity index (χ1) is 41.3. The molecular weight excluding hydrogens is 1040 g/mol. The fourth-order valence-electron chi connectivity index (χ4n) is 10.9. The van der Waals surface area contributed by atoms with Crippen LogP contribution in [0.5, 0.6) is 0 Å². The minimum absolute atomic E-state index is 0.175. The molecule has 0 saturated carbocycles. The van der Waals surface area contributed by atoms with Crippen molar-refractivity contribution in [1.29, 1.82) is 0 Å². The molecule has 1 saturated heterocycles. The Kier molecular flexibility index (Phi) is 59.5. The Morgan fingerprint density at radius 3 is 1.10 bits per heavy atom. The van der Waals surface area contributed by atoms with Crippen LogP contribution in [-0.4, -0.2) is 87.5 Å². The van der Waals surface area contributed by atoms with Crippen molar-refractivity contribution in [3.05, 3.63) is 97.2 Å². The lowest BCUT2D eigenvalue weighted by Gasteiger charge is -2.40. The van der Waals surface area contributed by atoms with Crippen LogP contribution in [0.25, 0.3) is 0 Å². The molecule has 0 spiro atoms. The number of carbonyl (C=O) groups is 1. The van der Waals surface area contributed by atoms with Crippen LogP contribution in [0.2, 0.25) is 0 Å². The highest BCUT2D eigenvalue weighted by molar-refractivity contribution is 5.76. The van der Waals surface area contributed by atoms with Crippen molar-refractivity contribution in [3.63, 3.8) is 0 Å². The Morgan fingerprint density at radius 2 is 0.738 bits per heavy atom. The summed E-state index contributed by atoms with van der Waals surface area (Å²) in [4.78, 5) is 13.1. The highest BCUT2D eigenvalue weighted by Gasteiger charge is 2.44. The summed E-state index contributed by atoms with van der Waals surface area (Å²) >= 11 is 0. The van der Waals surface area contributed by atoms with Gasteiger partial charge in [0.2, 0.25) is 5.91 Å². The second-order valence-electron chi connectivity index (χ2n) is 24.3. The maximum Gasteiger partial charge on any atom is 0.220 e. The Balaban J connectivity index is 2.10. The van der Waals surface area contributed by atoms with Gasteiger partial charge in [0, 0.05) is 6.42 Å². The first-order valence-electron chi connectivity index (χ1n) is 35.5. The average molecular weight is 1180 g/mol. The molecule has 0 bridgehead atoms. The summed E-state index contributed by atoms with van der Waals surface area (Å²) in [5.41, 5.74) is 0. The van der Waals surface area contributed by atoms with E-state index in [1.165, 1.54) is 212 Å². The summed E-state index contributed by atoms with van der Waals surface area (Å²) in [6.07, 6.45) is 85.1. The van der Waals surface area contributed by atoms with E-state index >= 15 is 0 Å². The molecule has 1 amide bonds. The van der Waals surface area contributed by atoms with Crippen LogP contribution in [0.4, 0.5) is 0 Å². The van der Waals surface area contributed by atoms with E-state index in [0.29, 0.717) is 6.42 Å². The second kappa shape index (κ2) is 63.1. The summed E-state index contributed by atoms with van der Waals surface area (Å²) in [7, 11) is 0. The number of aliphatic hydroxyl groups is 5. The van der Waals surface area contributed by atoms with Crippen molar-refractivity contribution < 1.29 is 39.8 Å². The van der Waals surface area contributed by atoms with Crippen molar-refractivity contribution >= 4 is 5.91 Å². The predicted molar refractivity (Wildman–Crippen MR) is 359 cm³/mol. The number of rotatable bonds is 61. The van der Waals surface area contributed by atoms with Gasteiger partial charge in [-0.3, -0.25) is 4.79 Å².